The van der Waals surface area contributed by atoms with E-state index in [1.54, 1.807) is 12.4 Å². The zero-order chi connectivity index (χ0) is 29.3. The second-order valence-electron chi connectivity index (χ2n) is 13.3. The van der Waals surface area contributed by atoms with Gasteiger partial charge < -0.3 is 0 Å². The van der Waals surface area contributed by atoms with E-state index in [9.17, 15) is 0 Å². The summed E-state index contributed by atoms with van der Waals surface area (Å²) in [6.45, 7) is 30.6. The lowest BCUT2D eigenvalue weighted by Gasteiger charge is -2.27. The first-order valence-electron chi connectivity index (χ1n) is 14.2. The quantitative estimate of drug-likeness (QED) is 0.345. The van der Waals surface area contributed by atoms with Crippen molar-refractivity contribution in [2.75, 3.05) is 0 Å². The molecule has 3 aromatic rings. The Morgan fingerprint density at radius 2 is 0.763 bits per heavy atom. The summed E-state index contributed by atoms with van der Waals surface area (Å²) in [7, 11) is 0. The molecule has 0 N–H and O–H groups in total. The lowest BCUT2D eigenvalue weighted by molar-refractivity contribution is 0.498. The molecule has 0 saturated heterocycles. The van der Waals surface area contributed by atoms with Gasteiger partial charge in [-0.15, -0.1) is 0 Å². The van der Waals surface area contributed by atoms with Gasteiger partial charge in [0, 0.05) is 47.0 Å². The lowest BCUT2D eigenvalue weighted by atomic mass is 9.81. The fourth-order valence-electron chi connectivity index (χ4n) is 4.24. The van der Waals surface area contributed by atoms with Crippen molar-refractivity contribution in [2.45, 2.75) is 131 Å². The van der Waals surface area contributed by atoms with Crippen LogP contribution >= 0.6 is 0 Å². The number of pyridine rings is 2. The van der Waals surface area contributed by atoms with Crippen LogP contribution in [0, 0.1) is 0 Å². The van der Waals surface area contributed by atoms with Crippen LogP contribution in [0.1, 0.15) is 155 Å². The predicted molar refractivity (Wildman–Crippen MR) is 164 cm³/mol. The average molecular weight is 519 g/mol. The van der Waals surface area contributed by atoms with E-state index >= 15 is 0 Å². The highest BCUT2D eigenvalue weighted by Crippen LogP contribution is 2.30. The zero-order valence-electron chi connectivity index (χ0n) is 26.7. The van der Waals surface area contributed by atoms with Gasteiger partial charge in [-0.05, 0) is 46.9 Å². The molecule has 0 radical (unpaired) electrons. The van der Waals surface area contributed by atoms with E-state index in [1.165, 1.54) is 22.5 Å². The average Bonchev–Trinajstić information content (AvgIpc) is 2.83. The monoisotopic (exact) mass is 518 g/mol. The standard InChI is InChI=1S/C12H20N2.2C11H17N/c1-11(2,3)9-10(12(4,5)6)14-8-7-13-9;2*1-8(2)10-6-5-7-12-11(10)9(3)4/h7-8H,1-6H3;2*5-9H,1-4H3. The van der Waals surface area contributed by atoms with Crippen LogP contribution in [-0.2, 0) is 10.8 Å². The number of nitrogens with zero attached hydrogens (tertiary/aromatic N) is 4. The molecule has 0 aliphatic heterocycles. The smallest absolute Gasteiger partial charge is 0.0677 e. The van der Waals surface area contributed by atoms with Crippen LogP contribution in [-0.4, -0.2) is 19.9 Å². The number of aromatic nitrogens is 4. The van der Waals surface area contributed by atoms with Gasteiger partial charge in [0.2, 0.25) is 0 Å². The molecule has 0 aliphatic carbocycles. The summed E-state index contributed by atoms with van der Waals surface area (Å²) < 4.78 is 0. The normalized spacial score (nSPS) is 11.8. The van der Waals surface area contributed by atoms with Crippen molar-refractivity contribution >= 4 is 0 Å². The summed E-state index contributed by atoms with van der Waals surface area (Å²) in [4.78, 5) is 17.7. The number of hydrogen-bond donors (Lipinski definition) is 0. The molecule has 0 fully saturated rings. The van der Waals surface area contributed by atoms with Gasteiger partial charge in [0.15, 0.2) is 0 Å². The van der Waals surface area contributed by atoms with Crippen molar-refractivity contribution in [3.8, 4) is 0 Å². The first-order chi connectivity index (χ1) is 17.5. The second kappa shape index (κ2) is 14.5. The topological polar surface area (TPSA) is 51.6 Å². The summed E-state index contributed by atoms with van der Waals surface area (Å²) in [5.74, 6) is 2.22. The highest BCUT2D eigenvalue weighted by atomic mass is 14.8. The Morgan fingerprint density at radius 1 is 0.447 bits per heavy atom. The van der Waals surface area contributed by atoms with Crippen LogP contribution in [0.3, 0.4) is 0 Å². The van der Waals surface area contributed by atoms with E-state index in [2.05, 4.69) is 129 Å². The third kappa shape index (κ3) is 10.3. The van der Waals surface area contributed by atoms with Gasteiger partial charge in [-0.3, -0.25) is 19.9 Å². The molecule has 38 heavy (non-hydrogen) atoms. The third-order valence-electron chi connectivity index (χ3n) is 6.20. The van der Waals surface area contributed by atoms with Gasteiger partial charge in [-0.25, -0.2) is 0 Å². The number of hydrogen-bond acceptors (Lipinski definition) is 4. The maximum absolute atomic E-state index is 4.45. The van der Waals surface area contributed by atoms with Gasteiger partial charge in [0.1, 0.15) is 0 Å². The SMILES string of the molecule is CC(C)(C)c1nccnc1C(C)(C)C.CC(C)c1cccnc1C(C)C.CC(C)c1cccnc1C(C)C. The van der Waals surface area contributed by atoms with E-state index in [4.69, 9.17) is 0 Å². The minimum Gasteiger partial charge on any atom is -0.261 e. The Bertz CT molecular complexity index is 957. The van der Waals surface area contributed by atoms with Crippen LogP contribution in [0.15, 0.2) is 49.1 Å². The molecule has 0 aromatic carbocycles. The van der Waals surface area contributed by atoms with Crippen LogP contribution in [0.4, 0.5) is 0 Å². The van der Waals surface area contributed by atoms with E-state index in [0.29, 0.717) is 23.7 Å². The predicted octanol–water partition coefficient (Wildman–Crippen LogP) is 9.73. The van der Waals surface area contributed by atoms with Crippen LogP contribution < -0.4 is 0 Å². The van der Waals surface area contributed by atoms with Crippen molar-refractivity contribution in [1.82, 2.24) is 19.9 Å². The maximum atomic E-state index is 4.45. The molecule has 0 spiro atoms. The summed E-state index contributed by atoms with van der Waals surface area (Å²) in [5, 5.41) is 0. The Hall–Kier alpha value is -2.62. The van der Waals surface area contributed by atoms with E-state index in [0.717, 1.165) is 11.4 Å². The minimum absolute atomic E-state index is 0.0663. The van der Waals surface area contributed by atoms with Crippen molar-refractivity contribution in [1.29, 1.82) is 0 Å². The van der Waals surface area contributed by atoms with Crippen molar-refractivity contribution in [3.05, 3.63) is 83.0 Å². The van der Waals surface area contributed by atoms with E-state index in [-0.39, 0.29) is 10.8 Å². The maximum Gasteiger partial charge on any atom is 0.0677 e. The first-order valence-corrected chi connectivity index (χ1v) is 14.2. The highest BCUT2D eigenvalue weighted by Gasteiger charge is 2.27. The van der Waals surface area contributed by atoms with Crippen molar-refractivity contribution < 1.29 is 0 Å². The second-order valence-corrected chi connectivity index (χ2v) is 13.3. The van der Waals surface area contributed by atoms with Crippen molar-refractivity contribution in [3.63, 3.8) is 0 Å². The molecule has 3 rings (SSSR count). The highest BCUT2D eigenvalue weighted by molar-refractivity contribution is 5.27. The van der Waals surface area contributed by atoms with Gasteiger partial charge in [-0.2, -0.15) is 0 Å². The summed E-state index contributed by atoms with van der Waals surface area (Å²) in [5.41, 5.74) is 7.59. The Kier molecular flexibility index (Phi) is 12.8. The van der Waals surface area contributed by atoms with Gasteiger partial charge in [-0.1, -0.05) is 109 Å². The van der Waals surface area contributed by atoms with Gasteiger partial charge >= 0.3 is 0 Å². The molecule has 0 bridgehead atoms. The fourth-order valence-corrected chi connectivity index (χ4v) is 4.24. The third-order valence-corrected chi connectivity index (χ3v) is 6.20. The minimum atomic E-state index is 0.0663. The molecule has 0 aliphatic rings. The van der Waals surface area contributed by atoms with Crippen LogP contribution in [0.5, 0.6) is 0 Å². The largest absolute Gasteiger partial charge is 0.261 e. The molecule has 4 nitrogen and oxygen atoms in total. The summed E-state index contributed by atoms with van der Waals surface area (Å²) in [6, 6.07) is 8.38. The molecular formula is C34H54N4. The molecule has 0 saturated carbocycles. The Labute approximate surface area is 234 Å². The molecule has 210 valence electrons. The molecule has 0 atom stereocenters. The molecule has 0 amide bonds. The molecule has 4 heteroatoms. The van der Waals surface area contributed by atoms with Crippen LogP contribution in [0.2, 0.25) is 0 Å². The number of rotatable bonds is 4. The van der Waals surface area contributed by atoms with Crippen LogP contribution in [0.25, 0.3) is 0 Å². The molecule has 0 unspecified atom stereocenters. The van der Waals surface area contributed by atoms with Crippen molar-refractivity contribution in [2.24, 2.45) is 0 Å². The van der Waals surface area contributed by atoms with E-state index in [1.807, 2.05) is 24.5 Å². The fraction of sp³-hybridized carbons (Fsp3) is 0.588. The lowest BCUT2D eigenvalue weighted by Crippen LogP contribution is -2.24. The Balaban J connectivity index is 0.000000286. The Morgan fingerprint density at radius 3 is 0.974 bits per heavy atom. The van der Waals surface area contributed by atoms with Gasteiger partial charge in [0.25, 0.3) is 0 Å². The zero-order valence-corrected chi connectivity index (χ0v) is 26.7. The molecule has 3 heterocycles. The summed E-state index contributed by atoms with van der Waals surface area (Å²) >= 11 is 0. The molecule has 3 aromatic heterocycles. The summed E-state index contributed by atoms with van der Waals surface area (Å²) in [6.07, 6.45) is 7.30. The first kappa shape index (κ1) is 33.4. The van der Waals surface area contributed by atoms with E-state index < -0.39 is 0 Å². The van der Waals surface area contributed by atoms with Gasteiger partial charge in [0.05, 0.1) is 11.4 Å². The molecular weight excluding hydrogens is 464 g/mol.